The standard InChI is InChI=1S/C17H23NO4/c19-16(12-7-8-13(10-12)17(20)21)18(14-4-1-2-5-14)11-15-6-3-9-22-15/h3,6,9,12-14H,1-2,4-5,7-8,10-11H2,(H,20,21)/t12-,13+/m0/s1. The molecule has 0 bridgehead atoms. The van der Waals surface area contributed by atoms with Crippen molar-refractivity contribution in [2.45, 2.75) is 57.5 Å². The zero-order valence-corrected chi connectivity index (χ0v) is 12.7. The quantitative estimate of drug-likeness (QED) is 0.907. The number of carboxylic acid groups (broad SMARTS) is 1. The van der Waals surface area contributed by atoms with Crippen LogP contribution in [-0.4, -0.2) is 27.9 Å². The van der Waals surface area contributed by atoms with Crippen molar-refractivity contribution in [2.75, 3.05) is 0 Å². The largest absolute Gasteiger partial charge is 0.481 e. The van der Waals surface area contributed by atoms with Gasteiger partial charge in [0.05, 0.1) is 18.7 Å². The number of carbonyl (C=O) groups excluding carboxylic acids is 1. The number of rotatable bonds is 5. The molecular weight excluding hydrogens is 282 g/mol. The van der Waals surface area contributed by atoms with Crippen LogP contribution in [0.5, 0.6) is 0 Å². The molecule has 0 radical (unpaired) electrons. The van der Waals surface area contributed by atoms with E-state index in [1.807, 2.05) is 17.0 Å². The van der Waals surface area contributed by atoms with Crippen LogP contribution >= 0.6 is 0 Å². The molecule has 2 fully saturated rings. The molecule has 0 saturated heterocycles. The molecule has 1 aromatic rings. The van der Waals surface area contributed by atoms with Crippen molar-refractivity contribution in [1.29, 1.82) is 0 Å². The van der Waals surface area contributed by atoms with Gasteiger partial charge in [-0.15, -0.1) is 0 Å². The number of nitrogens with zero attached hydrogens (tertiary/aromatic N) is 1. The Hall–Kier alpha value is -1.78. The van der Waals surface area contributed by atoms with Crippen molar-refractivity contribution in [2.24, 2.45) is 11.8 Å². The van der Waals surface area contributed by atoms with Crippen LogP contribution in [-0.2, 0) is 16.1 Å². The van der Waals surface area contributed by atoms with Crippen molar-refractivity contribution in [3.63, 3.8) is 0 Å². The average Bonchev–Trinajstić information content (AvgIpc) is 3.24. The summed E-state index contributed by atoms with van der Waals surface area (Å²) in [5, 5.41) is 9.13. The lowest BCUT2D eigenvalue weighted by atomic mass is 10.0. The number of aliphatic carboxylic acids is 1. The van der Waals surface area contributed by atoms with E-state index in [4.69, 9.17) is 9.52 Å². The first-order valence-electron chi connectivity index (χ1n) is 8.21. The predicted octanol–water partition coefficient (Wildman–Crippen LogP) is 3.05. The topological polar surface area (TPSA) is 70.8 Å². The summed E-state index contributed by atoms with van der Waals surface area (Å²) in [4.78, 5) is 26.0. The van der Waals surface area contributed by atoms with E-state index in [1.54, 1.807) is 6.26 Å². The van der Waals surface area contributed by atoms with E-state index in [-0.39, 0.29) is 23.8 Å². The minimum absolute atomic E-state index is 0.118. The number of amides is 1. The van der Waals surface area contributed by atoms with E-state index < -0.39 is 5.97 Å². The van der Waals surface area contributed by atoms with Crippen LogP contribution in [0.1, 0.15) is 50.7 Å². The van der Waals surface area contributed by atoms with E-state index >= 15 is 0 Å². The molecule has 2 aliphatic carbocycles. The Morgan fingerprint density at radius 1 is 1.18 bits per heavy atom. The molecule has 0 unspecified atom stereocenters. The monoisotopic (exact) mass is 305 g/mol. The first-order chi connectivity index (χ1) is 10.6. The van der Waals surface area contributed by atoms with Gasteiger partial charge in [-0.2, -0.15) is 0 Å². The molecule has 1 aromatic heterocycles. The third-order valence-electron chi connectivity index (χ3n) is 5.09. The molecule has 22 heavy (non-hydrogen) atoms. The summed E-state index contributed by atoms with van der Waals surface area (Å²) < 4.78 is 5.41. The second kappa shape index (κ2) is 6.55. The van der Waals surface area contributed by atoms with E-state index in [9.17, 15) is 9.59 Å². The molecule has 5 heteroatoms. The van der Waals surface area contributed by atoms with Gasteiger partial charge in [-0.25, -0.2) is 0 Å². The van der Waals surface area contributed by atoms with Crippen molar-refractivity contribution < 1.29 is 19.1 Å². The summed E-state index contributed by atoms with van der Waals surface area (Å²) in [6.07, 6.45) is 7.83. The second-order valence-electron chi connectivity index (χ2n) is 6.53. The number of hydrogen-bond donors (Lipinski definition) is 1. The van der Waals surface area contributed by atoms with E-state index in [0.717, 1.165) is 31.4 Å². The fourth-order valence-electron chi connectivity index (χ4n) is 3.84. The summed E-state index contributed by atoms with van der Waals surface area (Å²) in [6.45, 7) is 0.505. The van der Waals surface area contributed by atoms with Gasteiger partial charge in [0.1, 0.15) is 5.76 Å². The molecular formula is C17H23NO4. The maximum atomic E-state index is 12.9. The molecule has 2 saturated carbocycles. The van der Waals surface area contributed by atoms with Crippen LogP contribution in [0.2, 0.25) is 0 Å². The Balaban J connectivity index is 1.70. The molecule has 120 valence electrons. The fraction of sp³-hybridized carbons (Fsp3) is 0.647. The summed E-state index contributed by atoms with van der Waals surface area (Å²) >= 11 is 0. The number of furan rings is 1. The minimum Gasteiger partial charge on any atom is -0.481 e. The molecule has 1 heterocycles. The lowest BCUT2D eigenvalue weighted by Gasteiger charge is -2.30. The maximum Gasteiger partial charge on any atom is 0.306 e. The van der Waals surface area contributed by atoms with Gasteiger partial charge in [-0.05, 0) is 44.2 Å². The lowest BCUT2D eigenvalue weighted by molar-refractivity contribution is -0.142. The molecule has 1 amide bonds. The highest BCUT2D eigenvalue weighted by atomic mass is 16.4. The summed E-state index contributed by atoms with van der Waals surface area (Å²) in [5.74, 6) is -0.353. The van der Waals surface area contributed by atoms with Crippen LogP contribution < -0.4 is 0 Å². The van der Waals surface area contributed by atoms with Gasteiger partial charge in [-0.1, -0.05) is 12.8 Å². The zero-order valence-electron chi connectivity index (χ0n) is 12.7. The Labute approximate surface area is 130 Å². The highest BCUT2D eigenvalue weighted by Crippen LogP contribution is 2.35. The van der Waals surface area contributed by atoms with Crippen molar-refractivity contribution in [3.8, 4) is 0 Å². The number of carbonyl (C=O) groups is 2. The third-order valence-corrected chi connectivity index (χ3v) is 5.09. The Bertz CT molecular complexity index is 519. The van der Waals surface area contributed by atoms with Crippen molar-refractivity contribution in [3.05, 3.63) is 24.2 Å². The summed E-state index contributed by atoms with van der Waals surface area (Å²) in [6, 6.07) is 4.01. The van der Waals surface area contributed by atoms with Gasteiger partial charge in [0.2, 0.25) is 5.91 Å². The fourth-order valence-corrected chi connectivity index (χ4v) is 3.84. The lowest BCUT2D eigenvalue weighted by Crippen LogP contribution is -2.41. The minimum atomic E-state index is -0.770. The Kier molecular flexibility index (Phi) is 4.50. The molecule has 5 nitrogen and oxygen atoms in total. The molecule has 3 rings (SSSR count). The highest BCUT2D eigenvalue weighted by molar-refractivity contribution is 5.81. The van der Waals surface area contributed by atoms with Crippen LogP contribution in [0.3, 0.4) is 0 Å². The number of carboxylic acids is 1. The van der Waals surface area contributed by atoms with Gasteiger partial charge in [0, 0.05) is 12.0 Å². The smallest absolute Gasteiger partial charge is 0.306 e. The maximum absolute atomic E-state index is 12.9. The summed E-state index contributed by atoms with van der Waals surface area (Å²) in [7, 11) is 0. The normalized spacial score (nSPS) is 25.5. The van der Waals surface area contributed by atoms with Gasteiger partial charge >= 0.3 is 5.97 Å². The van der Waals surface area contributed by atoms with Crippen LogP contribution in [0.4, 0.5) is 0 Å². The predicted molar refractivity (Wildman–Crippen MR) is 80.0 cm³/mol. The highest BCUT2D eigenvalue weighted by Gasteiger charge is 2.38. The van der Waals surface area contributed by atoms with Crippen LogP contribution in [0.15, 0.2) is 22.8 Å². The Morgan fingerprint density at radius 3 is 2.50 bits per heavy atom. The van der Waals surface area contributed by atoms with Crippen LogP contribution in [0.25, 0.3) is 0 Å². The first kappa shape index (κ1) is 15.1. The van der Waals surface area contributed by atoms with Crippen LogP contribution in [0, 0.1) is 11.8 Å². The van der Waals surface area contributed by atoms with Gasteiger partial charge in [0.15, 0.2) is 0 Å². The summed E-state index contributed by atoms with van der Waals surface area (Å²) in [5.41, 5.74) is 0. The molecule has 1 N–H and O–H groups in total. The van der Waals surface area contributed by atoms with E-state index in [0.29, 0.717) is 25.8 Å². The molecule has 0 aliphatic heterocycles. The first-order valence-corrected chi connectivity index (χ1v) is 8.21. The molecule has 2 aliphatic rings. The van der Waals surface area contributed by atoms with Gasteiger partial charge in [0.25, 0.3) is 0 Å². The molecule has 0 aromatic carbocycles. The second-order valence-corrected chi connectivity index (χ2v) is 6.53. The molecule has 2 atom stereocenters. The Morgan fingerprint density at radius 2 is 1.91 bits per heavy atom. The van der Waals surface area contributed by atoms with Gasteiger partial charge in [-0.3, -0.25) is 9.59 Å². The SMILES string of the molecule is O=C(O)[C@@H]1CC[C@H](C(=O)N(Cc2ccco2)C2CCCC2)C1. The number of hydrogen-bond acceptors (Lipinski definition) is 3. The molecule has 0 spiro atoms. The van der Waals surface area contributed by atoms with E-state index in [2.05, 4.69) is 0 Å². The average molecular weight is 305 g/mol. The van der Waals surface area contributed by atoms with Gasteiger partial charge < -0.3 is 14.4 Å². The zero-order chi connectivity index (χ0) is 15.5. The third kappa shape index (κ3) is 3.18. The van der Waals surface area contributed by atoms with Crippen molar-refractivity contribution >= 4 is 11.9 Å². The van der Waals surface area contributed by atoms with E-state index in [1.165, 1.54) is 0 Å². The van der Waals surface area contributed by atoms with Crippen molar-refractivity contribution in [1.82, 2.24) is 4.90 Å².